The van der Waals surface area contributed by atoms with Crippen LogP contribution in [0.1, 0.15) is 18.4 Å². The topological polar surface area (TPSA) is 49.9 Å². The predicted molar refractivity (Wildman–Crippen MR) is 85.4 cm³/mol. The maximum Gasteiger partial charge on any atom is 0.281 e. The first-order valence-corrected chi connectivity index (χ1v) is 9.19. The van der Waals surface area contributed by atoms with Crippen LogP contribution in [0.3, 0.4) is 0 Å². The van der Waals surface area contributed by atoms with Crippen LogP contribution in [-0.2, 0) is 21.6 Å². The zero-order valence-corrected chi connectivity index (χ0v) is 14.0. The van der Waals surface area contributed by atoms with Gasteiger partial charge in [-0.25, -0.2) is 0 Å². The Bertz CT molecular complexity index is 589. The fourth-order valence-electron chi connectivity index (χ4n) is 3.55. The summed E-state index contributed by atoms with van der Waals surface area (Å²) in [6, 6.07) is 10.2. The predicted octanol–water partition coefficient (Wildman–Crippen LogP) is 1.72. The van der Waals surface area contributed by atoms with E-state index in [1.807, 2.05) is 18.2 Å². The van der Waals surface area contributed by atoms with Gasteiger partial charge in [0.25, 0.3) is 10.2 Å². The van der Waals surface area contributed by atoms with E-state index >= 15 is 0 Å². The van der Waals surface area contributed by atoms with Crippen molar-refractivity contribution in [1.29, 1.82) is 0 Å². The summed E-state index contributed by atoms with van der Waals surface area (Å²) >= 11 is 0. The normalized spacial score (nSPS) is 29.1. The molecule has 0 N–H and O–H groups in total. The highest BCUT2D eigenvalue weighted by molar-refractivity contribution is 7.86. The first-order valence-electron chi connectivity index (χ1n) is 7.80. The molecule has 2 fully saturated rings. The van der Waals surface area contributed by atoms with Crippen molar-refractivity contribution in [2.75, 3.05) is 27.2 Å². The Labute approximate surface area is 133 Å². The van der Waals surface area contributed by atoms with E-state index in [2.05, 4.69) is 12.1 Å². The maximum atomic E-state index is 12.2. The van der Waals surface area contributed by atoms with E-state index in [4.69, 9.17) is 4.74 Å². The van der Waals surface area contributed by atoms with Gasteiger partial charge < -0.3 is 4.74 Å². The van der Waals surface area contributed by atoms with E-state index in [1.165, 1.54) is 9.87 Å². The molecule has 0 amide bonds. The van der Waals surface area contributed by atoms with E-state index in [0.29, 0.717) is 31.5 Å². The van der Waals surface area contributed by atoms with Crippen molar-refractivity contribution < 1.29 is 13.2 Å². The summed E-state index contributed by atoms with van der Waals surface area (Å²) < 4.78 is 33.3. The molecular formula is C16H24N2O3S. The third kappa shape index (κ3) is 3.20. The molecule has 0 radical (unpaired) electrons. The lowest BCUT2D eigenvalue weighted by Crippen LogP contribution is -2.39. The largest absolute Gasteiger partial charge is 0.374 e. The highest BCUT2D eigenvalue weighted by Crippen LogP contribution is 2.40. The van der Waals surface area contributed by atoms with Crippen molar-refractivity contribution in [3.8, 4) is 0 Å². The van der Waals surface area contributed by atoms with Crippen LogP contribution >= 0.6 is 0 Å². The Balaban J connectivity index is 1.52. The van der Waals surface area contributed by atoms with E-state index < -0.39 is 10.2 Å². The molecule has 1 unspecified atom stereocenters. The Hall–Kier alpha value is -0.950. The number of benzene rings is 1. The van der Waals surface area contributed by atoms with Crippen LogP contribution in [0.25, 0.3) is 0 Å². The molecular weight excluding hydrogens is 300 g/mol. The van der Waals surface area contributed by atoms with Gasteiger partial charge in [0.2, 0.25) is 0 Å². The minimum Gasteiger partial charge on any atom is -0.374 e. The molecule has 122 valence electrons. The Kier molecular flexibility index (Phi) is 4.54. The minimum atomic E-state index is -3.27. The summed E-state index contributed by atoms with van der Waals surface area (Å²) in [5, 5.41) is 0. The average Bonchev–Trinajstić information content (AvgIpc) is 3.04. The summed E-state index contributed by atoms with van der Waals surface area (Å²) in [6.07, 6.45) is 2.20. The Morgan fingerprint density at radius 2 is 1.73 bits per heavy atom. The van der Waals surface area contributed by atoms with Gasteiger partial charge in [-0.15, -0.1) is 0 Å². The van der Waals surface area contributed by atoms with Crippen LogP contribution < -0.4 is 0 Å². The van der Waals surface area contributed by atoms with Gasteiger partial charge in [0.05, 0.1) is 12.7 Å². The number of ether oxygens (including phenoxy) is 1. The van der Waals surface area contributed by atoms with Crippen LogP contribution in [-0.4, -0.2) is 50.3 Å². The number of nitrogens with zero attached hydrogens (tertiary/aromatic N) is 2. The van der Waals surface area contributed by atoms with Crippen molar-refractivity contribution >= 4 is 10.2 Å². The molecule has 1 heterocycles. The van der Waals surface area contributed by atoms with Gasteiger partial charge in [-0.1, -0.05) is 30.3 Å². The van der Waals surface area contributed by atoms with Crippen molar-refractivity contribution in [2.24, 2.45) is 11.8 Å². The summed E-state index contributed by atoms with van der Waals surface area (Å²) in [4.78, 5) is 0. The zero-order valence-electron chi connectivity index (χ0n) is 13.2. The molecule has 3 atom stereocenters. The first kappa shape index (κ1) is 15.9. The van der Waals surface area contributed by atoms with Gasteiger partial charge in [-0.2, -0.15) is 17.0 Å². The highest BCUT2D eigenvalue weighted by Gasteiger charge is 2.45. The number of hydrogen-bond donors (Lipinski definition) is 0. The average molecular weight is 324 g/mol. The lowest BCUT2D eigenvalue weighted by atomic mass is 10.0. The van der Waals surface area contributed by atoms with Gasteiger partial charge in [0, 0.05) is 27.2 Å². The SMILES string of the molecule is CN(C)S(=O)(=O)N1C[C@H]2CC(OCc3ccccc3)C[C@H]2C1. The Morgan fingerprint density at radius 3 is 2.27 bits per heavy atom. The van der Waals surface area contributed by atoms with Crippen molar-refractivity contribution in [3.63, 3.8) is 0 Å². The van der Waals surface area contributed by atoms with E-state index in [0.717, 1.165) is 12.8 Å². The van der Waals surface area contributed by atoms with E-state index in [9.17, 15) is 8.42 Å². The second-order valence-electron chi connectivity index (χ2n) is 6.52. The zero-order chi connectivity index (χ0) is 15.7. The van der Waals surface area contributed by atoms with Gasteiger partial charge in [0.15, 0.2) is 0 Å². The quantitative estimate of drug-likeness (QED) is 0.829. The van der Waals surface area contributed by atoms with Crippen LogP contribution in [0.15, 0.2) is 30.3 Å². The Morgan fingerprint density at radius 1 is 1.14 bits per heavy atom. The smallest absolute Gasteiger partial charge is 0.281 e. The van der Waals surface area contributed by atoms with Crippen molar-refractivity contribution in [3.05, 3.63) is 35.9 Å². The highest BCUT2D eigenvalue weighted by atomic mass is 32.2. The molecule has 0 aromatic heterocycles. The molecule has 2 aliphatic rings. The van der Waals surface area contributed by atoms with Gasteiger partial charge in [0.1, 0.15) is 0 Å². The molecule has 1 saturated heterocycles. The summed E-state index contributed by atoms with van der Waals surface area (Å²) in [7, 11) is -0.0806. The molecule has 1 aromatic carbocycles. The molecule has 1 aromatic rings. The molecule has 5 nitrogen and oxygen atoms in total. The minimum absolute atomic E-state index is 0.263. The number of fused-ring (bicyclic) bond motifs is 1. The molecule has 22 heavy (non-hydrogen) atoms. The van der Waals surface area contributed by atoms with Crippen LogP contribution in [0.5, 0.6) is 0 Å². The fraction of sp³-hybridized carbons (Fsp3) is 0.625. The summed E-state index contributed by atoms with van der Waals surface area (Å²) in [6.45, 7) is 1.91. The third-order valence-electron chi connectivity index (χ3n) is 4.79. The maximum absolute atomic E-state index is 12.2. The van der Waals surface area contributed by atoms with Crippen molar-refractivity contribution in [2.45, 2.75) is 25.6 Å². The molecule has 3 rings (SSSR count). The second kappa shape index (κ2) is 6.28. The van der Waals surface area contributed by atoms with E-state index in [-0.39, 0.29) is 6.10 Å². The second-order valence-corrected chi connectivity index (χ2v) is 8.66. The summed E-state index contributed by atoms with van der Waals surface area (Å²) in [5.41, 5.74) is 1.19. The molecule has 0 bridgehead atoms. The molecule has 1 aliphatic carbocycles. The molecule has 6 heteroatoms. The third-order valence-corrected chi connectivity index (χ3v) is 6.66. The van der Waals surface area contributed by atoms with Crippen LogP contribution in [0.2, 0.25) is 0 Å². The molecule has 0 spiro atoms. The lowest BCUT2D eigenvalue weighted by molar-refractivity contribution is 0.0391. The molecule has 1 aliphatic heterocycles. The summed E-state index contributed by atoms with van der Waals surface area (Å²) in [5.74, 6) is 0.881. The lowest BCUT2D eigenvalue weighted by Gasteiger charge is -2.22. The van der Waals surface area contributed by atoms with Gasteiger partial charge in [-0.3, -0.25) is 0 Å². The van der Waals surface area contributed by atoms with Gasteiger partial charge in [-0.05, 0) is 30.2 Å². The van der Waals surface area contributed by atoms with E-state index in [1.54, 1.807) is 18.4 Å². The standard InChI is InChI=1S/C16H24N2O3S/c1-17(2)22(19,20)18-10-14-8-16(9-15(14)11-18)21-12-13-6-4-3-5-7-13/h3-7,14-16H,8-12H2,1-2H3/t14-,15+,16?. The van der Waals surface area contributed by atoms with Crippen LogP contribution in [0.4, 0.5) is 0 Å². The monoisotopic (exact) mass is 324 g/mol. The van der Waals surface area contributed by atoms with Gasteiger partial charge >= 0.3 is 0 Å². The first-order chi connectivity index (χ1) is 10.5. The number of hydrogen-bond acceptors (Lipinski definition) is 3. The molecule has 1 saturated carbocycles. The number of rotatable bonds is 5. The van der Waals surface area contributed by atoms with Crippen LogP contribution in [0, 0.1) is 11.8 Å². The fourth-order valence-corrected chi connectivity index (χ4v) is 4.77. The van der Waals surface area contributed by atoms with Crippen molar-refractivity contribution in [1.82, 2.24) is 8.61 Å².